The smallest absolute Gasteiger partial charge is 0.237 e. The van der Waals surface area contributed by atoms with Crippen molar-refractivity contribution < 1.29 is 9.53 Å². The summed E-state index contributed by atoms with van der Waals surface area (Å²) in [6, 6.07) is 6.97. The largest absolute Gasteiger partial charge is 0.496 e. The molecule has 4 nitrogen and oxygen atoms in total. The minimum absolute atomic E-state index is 0.116. The minimum Gasteiger partial charge on any atom is -0.496 e. The molecule has 2 atom stereocenters. The van der Waals surface area contributed by atoms with E-state index in [-0.39, 0.29) is 11.9 Å². The summed E-state index contributed by atoms with van der Waals surface area (Å²) in [5, 5.41) is 2.83. The van der Waals surface area contributed by atoms with Crippen LogP contribution in [0.2, 0.25) is 0 Å². The van der Waals surface area contributed by atoms with Crippen LogP contribution in [0.25, 0.3) is 0 Å². The Morgan fingerprint density at radius 2 is 2.00 bits per heavy atom. The number of nitrogens with two attached hydrogens (primary N) is 1. The van der Waals surface area contributed by atoms with Gasteiger partial charge in [0.15, 0.2) is 0 Å². The predicted octanol–water partition coefficient (Wildman–Crippen LogP) is 1.22. The molecular formula is C12H18N2O2. The van der Waals surface area contributed by atoms with Gasteiger partial charge >= 0.3 is 0 Å². The van der Waals surface area contributed by atoms with Crippen molar-refractivity contribution in [3.05, 3.63) is 29.8 Å². The Kier molecular flexibility index (Phi) is 4.31. The van der Waals surface area contributed by atoms with E-state index in [0.29, 0.717) is 0 Å². The molecule has 1 aromatic carbocycles. The third-order valence-corrected chi connectivity index (χ3v) is 2.38. The van der Waals surface area contributed by atoms with Gasteiger partial charge in [-0.2, -0.15) is 0 Å². The van der Waals surface area contributed by atoms with Gasteiger partial charge in [-0.1, -0.05) is 18.2 Å². The van der Waals surface area contributed by atoms with Gasteiger partial charge in [-0.15, -0.1) is 0 Å². The summed E-state index contributed by atoms with van der Waals surface area (Å²) in [4.78, 5) is 11.4. The molecule has 0 spiro atoms. The van der Waals surface area contributed by atoms with Crippen LogP contribution in [0.4, 0.5) is 0 Å². The van der Waals surface area contributed by atoms with Crippen molar-refractivity contribution >= 4 is 5.91 Å². The maximum atomic E-state index is 11.4. The number of methoxy groups -OCH3 is 1. The molecule has 0 aliphatic heterocycles. The average Bonchev–Trinajstić information content (AvgIpc) is 2.28. The quantitative estimate of drug-likeness (QED) is 0.805. The molecule has 1 rings (SSSR count). The van der Waals surface area contributed by atoms with Gasteiger partial charge in [-0.05, 0) is 19.9 Å². The molecule has 0 fully saturated rings. The molecule has 0 saturated heterocycles. The van der Waals surface area contributed by atoms with Crippen LogP contribution < -0.4 is 15.8 Å². The van der Waals surface area contributed by atoms with Gasteiger partial charge < -0.3 is 15.8 Å². The summed E-state index contributed by atoms with van der Waals surface area (Å²) in [5.41, 5.74) is 6.43. The Balaban J connectivity index is 2.80. The van der Waals surface area contributed by atoms with E-state index in [4.69, 9.17) is 10.5 Å². The summed E-state index contributed by atoms with van der Waals surface area (Å²) in [6.07, 6.45) is 0. The van der Waals surface area contributed by atoms with Crippen molar-refractivity contribution in [1.82, 2.24) is 5.32 Å². The molecule has 1 aromatic rings. The fourth-order valence-corrected chi connectivity index (χ4v) is 1.45. The van der Waals surface area contributed by atoms with Gasteiger partial charge in [0.05, 0.1) is 19.2 Å². The highest BCUT2D eigenvalue weighted by molar-refractivity contribution is 5.81. The number of benzene rings is 1. The Hall–Kier alpha value is -1.55. The summed E-state index contributed by atoms with van der Waals surface area (Å²) in [7, 11) is 1.61. The van der Waals surface area contributed by atoms with E-state index in [0.717, 1.165) is 11.3 Å². The van der Waals surface area contributed by atoms with Crippen molar-refractivity contribution in [1.29, 1.82) is 0 Å². The van der Waals surface area contributed by atoms with Crippen LogP contribution in [-0.2, 0) is 4.79 Å². The van der Waals surface area contributed by atoms with Gasteiger partial charge in [-0.3, -0.25) is 4.79 Å². The van der Waals surface area contributed by atoms with E-state index in [1.54, 1.807) is 14.0 Å². The van der Waals surface area contributed by atoms with E-state index in [2.05, 4.69) is 5.32 Å². The van der Waals surface area contributed by atoms with E-state index in [9.17, 15) is 4.79 Å². The number of hydrogen-bond acceptors (Lipinski definition) is 3. The van der Waals surface area contributed by atoms with Crippen LogP contribution in [0.15, 0.2) is 24.3 Å². The van der Waals surface area contributed by atoms with Gasteiger partial charge in [0, 0.05) is 5.56 Å². The fraction of sp³-hybridized carbons (Fsp3) is 0.417. The molecule has 16 heavy (non-hydrogen) atoms. The molecule has 0 aliphatic rings. The highest BCUT2D eigenvalue weighted by Gasteiger charge is 2.15. The molecule has 0 heterocycles. The molecule has 0 aliphatic carbocycles. The number of amides is 1. The van der Waals surface area contributed by atoms with Gasteiger partial charge in [0.2, 0.25) is 5.91 Å². The maximum Gasteiger partial charge on any atom is 0.237 e. The maximum absolute atomic E-state index is 11.4. The predicted molar refractivity (Wildman–Crippen MR) is 63.2 cm³/mol. The summed E-state index contributed by atoms with van der Waals surface area (Å²) >= 11 is 0. The molecule has 88 valence electrons. The highest BCUT2D eigenvalue weighted by Crippen LogP contribution is 2.24. The Morgan fingerprint density at radius 1 is 1.38 bits per heavy atom. The van der Waals surface area contributed by atoms with E-state index >= 15 is 0 Å². The molecule has 4 heteroatoms. The first kappa shape index (κ1) is 12.5. The van der Waals surface area contributed by atoms with Crippen molar-refractivity contribution in [3.8, 4) is 5.75 Å². The first-order valence-electron chi connectivity index (χ1n) is 5.25. The Morgan fingerprint density at radius 3 is 2.56 bits per heavy atom. The molecule has 0 saturated carbocycles. The van der Waals surface area contributed by atoms with Crippen LogP contribution in [0.1, 0.15) is 25.5 Å². The molecule has 3 N–H and O–H groups in total. The minimum atomic E-state index is -0.503. The van der Waals surface area contributed by atoms with Crippen molar-refractivity contribution in [2.45, 2.75) is 25.9 Å². The third kappa shape index (κ3) is 2.97. The Bertz CT molecular complexity index is 364. The number of ether oxygens (including phenoxy) is 1. The number of rotatable bonds is 4. The van der Waals surface area contributed by atoms with E-state index in [1.165, 1.54) is 0 Å². The van der Waals surface area contributed by atoms with Crippen LogP contribution in [-0.4, -0.2) is 19.1 Å². The summed E-state index contributed by atoms with van der Waals surface area (Å²) in [5.74, 6) is 0.596. The van der Waals surface area contributed by atoms with Crippen LogP contribution in [0, 0.1) is 0 Å². The second kappa shape index (κ2) is 5.51. The molecular weight excluding hydrogens is 204 g/mol. The average molecular weight is 222 g/mol. The zero-order chi connectivity index (χ0) is 12.1. The third-order valence-electron chi connectivity index (χ3n) is 2.38. The lowest BCUT2D eigenvalue weighted by Crippen LogP contribution is -2.39. The monoisotopic (exact) mass is 222 g/mol. The number of nitrogens with one attached hydrogen (secondary N) is 1. The number of carbonyl (C=O) groups excluding carboxylic acids is 1. The number of carbonyl (C=O) groups is 1. The molecule has 0 bridgehead atoms. The lowest BCUT2D eigenvalue weighted by atomic mass is 10.1. The highest BCUT2D eigenvalue weighted by atomic mass is 16.5. The molecule has 1 amide bonds. The van der Waals surface area contributed by atoms with Crippen LogP contribution in [0.5, 0.6) is 5.75 Å². The van der Waals surface area contributed by atoms with E-state index in [1.807, 2.05) is 31.2 Å². The fourth-order valence-electron chi connectivity index (χ4n) is 1.45. The van der Waals surface area contributed by atoms with Crippen molar-refractivity contribution in [2.75, 3.05) is 7.11 Å². The standard InChI is InChI=1S/C12H18N2O2/c1-8(13)12(15)14-9(2)10-6-4-5-7-11(10)16-3/h4-9H,13H2,1-3H3,(H,14,15). The summed E-state index contributed by atoms with van der Waals surface area (Å²) < 4.78 is 5.23. The number of para-hydroxylation sites is 1. The molecule has 0 radical (unpaired) electrons. The zero-order valence-electron chi connectivity index (χ0n) is 9.86. The lowest BCUT2D eigenvalue weighted by molar-refractivity contribution is -0.122. The zero-order valence-corrected chi connectivity index (χ0v) is 9.86. The van der Waals surface area contributed by atoms with Crippen molar-refractivity contribution in [2.24, 2.45) is 5.73 Å². The second-order valence-corrected chi connectivity index (χ2v) is 3.76. The van der Waals surface area contributed by atoms with Gasteiger partial charge in [-0.25, -0.2) is 0 Å². The topological polar surface area (TPSA) is 64.3 Å². The SMILES string of the molecule is COc1ccccc1C(C)NC(=O)C(C)N. The van der Waals surface area contributed by atoms with Gasteiger partial charge in [0.25, 0.3) is 0 Å². The lowest BCUT2D eigenvalue weighted by Gasteiger charge is -2.18. The van der Waals surface area contributed by atoms with Gasteiger partial charge in [0.1, 0.15) is 5.75 Å². The summed E-state index contributed by atoms with van der Waals surface area (Å²) in [6.45, 7) is 3.56. The molecule has 2 unspecified atom stereocenters. The second-order valence-electron chi connectivity index (χ2n) is 3.76. The van der Waals surface area contributed by atoms with Crippen LogP contribution in [0.3, 0.4) is 0 Å². The van der Waals surface area contributed by atoms with E-state index < -0.39 is 6.04 Å². The number of hydrogen-bond donors (Lipinski definition) is 2. The van der Waals surface area contributed by atoms with Crippen LogP contribution >= 0.6 is 0 Å². The first-order chi connectivity index (χ1) is 7.56. The normalized spacial score (nSPS) is 14.0. The first-order valence-corrected chi connectivity index (χ1v) is 5.25. The molecule has 0 aromatic heterocycles. The van der Waals surface area contributed by atoms with Crippen molar-refractivity contribution in [3.63, 3.8) is 0 Å². The Labute approximate surface area is 95.8 Å².